The summed E-state index contributed by atoms with van der Waals surface area (Å²) in [6.45, 7) is 4.88. The number of carbonyl (C=O) groups is 1. The molecule has 114 valence electrons. The molecule has 2 aliphatic rings. The van der Waals surface area contributed by atoms with Crippen molar-refractivity contribution >= 4 is 21.8 Å². The van der Waals surface area contributed by atoms with Gasteiger partial charge in [0.1, 0.15) is 0 Å². The van der Waals surface area contributed by atoms with Crippen LogP contribution in [0.3, 0.4) is 0 Å². The van der Waals surface area contributed by atoms with E-state index < -0.39 is 0 Å². The molecule has 1 saturated heterocycles. The zero-order chi connectivity index (χ0) is 14.8. The first-order valence-corrected chi connectivity index (χ1v) is 8.70. The van der Waals surface area contributed by atoms with E-state index in [0.29, 0.717) is 17.9 Å². The van der Waals surface area contributed by atoms with Crippen molar-refractivity contribution in [3.05, 3.63) is 33.8 Å². The first-order chi connectivity index (χ1) is 10.1. The maximum atomic E-state index is 12.0. The third-order valence-electron chi connectivity index (χ3n) is 4.55. The molecular formula is C17H23BrN2O. The molecule has 1 heterocycles. The number of hydrogen-bond donors (Lipinski definition) is 1. The van der Waals surface area contributed by atoms with E-state index in [1.54, 1.807) is 0 Å². The Morgan fingerprint density at radius 3 is 2.62 bits per heavy atom. The molecule has 0 aromatic heterocycles. The van der Waals surface area contributed by atoms with E-state index in [1.807, 2.05) is 0 Å². The van der Waals surface area contributed by atoms with Crippen molar-refractivity contribution in [1.82, 2.24) is 10.2 Å². The molecule has 2 fully saturated rings. The van der Waals surface area contributed by atoms with Crippen LogP contribution < -0.4 is 5.32 Å². The summed E-state index contributed by atoms with van der Waals surface area (Å²) in [4.78, 5) is 14.1. The molecule has 0 unspecified atom stereocenters. The molecular weight excluding hydrogens is 328 g/mol. The van der Waals surface area contributed by atoms with Crippen LogP contribution in [-0.2, 0) is 11.3 Å². The Balaban J connectivity index is 1.44. The number of halogens is 1. The van der Waals surface area contributed by atoms with E-state index >= 15 is 0 Å². The fourth-order valence-electron chi connectivity index (χ4n) is 2.97. The van der Waals surface area contributed by atoms with Crippen molar-refractivity contribution < 1.29 is 4.79 Å². The molecule has 3 rings (SSSR count). The molecule has 1 saturated carbocycles. The SMILES string of the molecule is Cc1cc(CNC2CCN(C(=O)C3CC3)CC2)ccc1Br. The maximum absolute atomic E-state index is 12.0. The van der Waals surface area contributed by atoms with Gasteiger partial charge in [0.05, 0.1) is 0 Å². The number of nitrogens with one attached hydrogen (secondary N) is 1. The van der Waals surface area contributed by atoms with Crippen LogP contribution in [0.5, 0.6) is 0 Å². The van der Waals surface area contributed by atoms with Crippen LogP contribution in [0.4, 0.5) is 0 Å². The number of benzene rings is 1. The third kappa shape index (κ3) is 3.86. The first-order valence-electron chi connectivity index (χ1n) is 7.90. The van der Waals surface area contributed by atoms with E-state index in [2.05, 4.69) is 51.3 Å². The van der Waals surface area contributed by atoms with E-state index in [4.69, 9.17) is 0 Å². The minimum Gasteiger partial charge on any atom is -0.342 e. The van der Waals surface area contributed by atoms with E-state index in [1.165, 1.54) is 11.1 Å². The molecule has 0 atom stereocenters. The van der Waals surface area contributed by atoms with Gasteiger partial charge in [-0.25, -0.2) is 0 Å². The van der Waals surface area contributed by atoms with Crippen LogP contribution in [0, 0.1) is 12.8 Å². The van der Waals surface area contributed by atoms with Gasteiger partial charge in [-0.2, -0.15) is 0 Å². The molecule has 1 aromatic rings. The molecule has 1 amide bonds. The predicted molar refractivity (Wildman–Crippen MR) is 88.0 cm³/mol. The second kappa shape index (κ2) is 6.49. The fourth-order valence-corrected chi connectivity index (χ4v) is 3.22. The minimum atomic E-state index is 0.361. The van der Waals surface area contributed by atoms with Crippen LogP contribution in [0.2, 0.25) is 0 Å². The molecule has 4 heteroatoms. The highest BCUT2D eigenvalue weighted by Crippen LogP contribution is 2.31. The summed E-state index contributed by atoms with van der Waals surface area (Å²) in [5, 5.41) is 3.64. The highest BCUT2D eigenvalue weighted by Gasteiger charge is 2.34. The summed E-state index contributed by atoms with van der Waals surface area (Å²) in [5.74, 6) is 0.761. The molecule has 1 N–H and O–H groups in total. The lowest BCUT2D eigenvalue weighted by Crippen LogP contribution is -2.45. The van der Waals surface area contributed by atoms with Gasteiger partial charge in [-0.15, -0.1) is 0 Å². The third-order valence-corrected chi connectivity index (χ3v) is 5.44. The van der Waals surface area contributed by atoms with Crippen LogP contribution in [-0.4, -0.2) is 29.9 Å². The van der Waals surface area contributed by atoms with Gasteiger partial charge in [0.2, 0.25) is 5.91 Å². The lowest BCUT2D eigenvalue weighted by Gasteiger charge is -2.32. The van der Waals surface area contributed by atoms with Crippen molar-refractivity contribution in [2.24, 2.45) is 5.92 Å². The standard InChI is InChI=1S/C17H23BrN2O/c1-12-10-13(2-5-16(12)18)11-19-15-6-8-20(9-7-15)17(21)14-3-4-14/h2,5,10,14-15,19H,3-4,6-9,11H2,1H3. The normalized spacial score (nSPS) is 19.8. The van der Waals surface area contributed by atoms with E-state index in [0.717, 1.165) is 49.8 Å². The summed E-state index contributed by atoms with van der Waals surface area (Å²) >= 11 is 3.54. The average Bonchev–Trinajstić information content (AvgIpc) is 3.33. The number of nitrogens with zero attached hydrogens (tertiary/aromatic N) is 1. The zero-order valence-electron chi connectivity index (χ0n) is 12.6. The van der Waals surface area contributed by atoms with Gasteiger partial charge in [-0.1, -0.05) is 28.1 Å². The molecule has 0 radical (unpaired) electrons. The average molecular weight is 351 g/mol. The van der Waals surface area contributed by atoms with Crippen LogP contribution in [0.1, 0.15) is 36.8 Å². The smallest absolute Gasteiger partial charge is 0.225 e. The van der Waals surface area contributed by atoms with E-state index in [9.17, 15) is 4.79 Å². The van der Waals surface area contributed by atoms with Gasteiger partial charge < -0.3 is 10.2 Å². The second-order valence-electron chi connectivity index (χ2n) is 6.34. The molecule has 21 heavy (non-hydrogen) atoms. The second-order valence-corrected chi connectivity index (χ2v) is 7.19. The van der Waals surface area contributed by atoms with Crippen molar-refractivity contribution in [3.8, 4) is 0 Å². The Kier molecular flexibility index (Phi) is 4.65. The Labute approximate surface area is 135 Å². The number of likely N-dealkylation sites (tertiary alicyclic amines) is 1. The summed E-state index contributed by atoms with van der Waals surface area (Å²) < 4.78 is 1.16. The summed E-state index contributed by atoms with van der Waals surface area (Å²) in [6.07, 6.45) is 4.38. The largest absolute Gasteiger partial charge is 0.342 e. The topological polar surface area (TPSA) is 32.3 Å². The number of amides is 1. The maximum Gasteiger partial charge on any atom is 0.225 e. The number of rotatable bonds is 4. The molecule has 1 aromatic carbocycles. The molecule has 0 bridgehead atoms. The Morgan fingerprint density at radius 1 is 1.29 bits per heavy atom. The summed E-state index contributed by atoms with van der Waals surface area (Å²) in [7, 11) is 0. The molecule has 3 nitrogen and oxygen atoms in total. The number of aryl methyl sites for hydroxylation is 1. The van der Waals surface area contributed by atoms with Crippen molar-refractivity contribution in [2.45, 2.75) is 45.2 Å². The van der Waals surface area contributed by atoms with Gasteiger partial charge in [0.25, 0.3) is 0 Å². The highest BCUT2D eigenvalue weighted by atomic mass is 79.9. The van der Waals surface area contributed by atoms with E-state index in [-0.39, 0.29) is 0 Å². The summed E-state index contributed by atoms with van der Waals surface area (Å²) in [6, 6.07) is 7.04. The van der Waals surface area contributed by atoms with Crippen molar-refractivity contribution in [3.63, 3.8) is 0 Å². The van der Waals surface area contributed by atoms with Crippen LogP contribution in [0.25, 0.3) is 0 Å². The summed E-state index contributed by atoms with van der Waals surface area (Å²) in [5.41, 5.74) is 2.60. The lowest BCUT2D eigenvalue weighted by atomic mass is 10.0. The van der Waals surface area contributed by atoms with Gasteiger partial charge >= 0.3 is 0 Å². The fraction of sp³-hybridized carbons (Fsp3) is 0.588. The minimum absolute atomic E-state index is 0.361. The Hall–Kier alpha value is -0.870. The first kappa shape index (κ1) is 15.0. The Bertz CT molecular complexity index is 520. The monoisotopic (exact) mass is 350 g/mol. The van der Waals surface area contributed by atoms with Crippen LogP contribution >= 0.6 is 15.9 Å². The molecule has 0 spiro atoms. The van der Waals surface area contributed by atoms with Crippen LogP contribution in [0.15, 0.2) is 22.7 Å². The number of piperidine rings is 1. The van der Waals surface area contributed by atoms with Gasteiger partial charge in [0.15, 0.2) is 0 Å². The van der Waals surface area contributed by atoms with Gasteiger partial charge in [0, 0.05) is 36.1 Å². The molecule has 1 aliphatic carbocycles. The highest BCUT2D eigenvalue weighted by molar-refractivity contribution is 9.10. The van der Waals surface area contributed by atoms with Gasteiger partial charge in [-0.3, -0.25) is 4.79 Å². The quantitative estimate of drug-likeness (QED) is 0.903. The predicted octanol–water partition coefficient (Wildman–Crippen LogP) is 3.25. The number of carbonyl (C=O) groups excluding carboxylic acids is 1. The van der Waals surface area contributed by atoms with Gasteiger partial charge in [-0.05, 0) is 49.8 Å². The van der Waals surface area contributed by atoms with Crippen molar-refractivity contribution in [1.29, 1.82) is 0 Å². The zero-order valence-corrected chi connectivity index (χ0v) is 14.2. The molecule has 1 aliphatic heterocycles. The lowest BCUT2D eigenvalue weighted by molar-refractivity contribution is -0.133. The van der Waals surface area contributed by atoms with Crippen molar-refractivity contribution in [2.75, 3.05) is 13.1 Å². The number of hydrogen-bond acceptors (Lipinski definition) is 2. The Morgan fingerprint density at radius 2 is 2.00 bits per heavy atom.